The molecule has 1 aromatic rings. The molecule has 26 heavy (non-hydrogen) atoms. The van der Waals surface area contributed by atoms with Crippen molar-refractivity contribution in [3.05, 3.63) is 54.4 Å². The minimum atomic E-state index is -0.526. The number of likely N-dealkylation sites (N-methyl/N-ethyl adjacent to an activating group) is 1. The third-order valence-corrected chi connectivity index (χ3v) is 4.93. The zero-order valence-electron chi connectivity index (χ0n) is 15.0. The quantitative estimate of drug-likeness (QED) is 0.784. The molecule has 3 aliphatic heterocycles. The number of allylic oxidation sites excluding steroid dienone is 2. The summed E-state index contributed by atoms with van der Waals surface area (Å²) in [6.07, 6.45) is 5.07. The molecule has 1 fully saturated rings. The van der Waals surface area contributed by atoms with Crippen molar-refractivity contribution in [2.45, 2.75) is 26.1 Å². The fourth-order valence-corrected chi connectivity index (χ4v) is 3.63. The molecule has 1 saturated heterocycles. The second kappa shape index (κ2) is 6.01. The Hall–Kier alpha value is -3.09. The molecule has 3 aliphatic rings. The van der Waals surface area contributed by atoms with Gasteiger partial charge >= 0.3 is 6.03 Å². The normalized spacial score (nSPS) is 25.0. The molecule has 0 aromatic heterocycles. The number of benzene rings is 1. The summed E-state index contributed by atoms with van der Waals surface area (Å²) in [4.78, 5) is 37.1. The minimum absolute atomic E-state index is 0.214. The third kappa shape index (κ3) is 2.23. The van der Waals surface area contributed by atoms with Gasteiger partial charge in [-0.15, -0.1) is 0 Å². The Morgan fingerprint density at radius 3 is 2.62 bits per heavy atom. The van der Waals surface area contributed by atoms with E-state index < -0.39 is 12.2 Å². The molecule has 7 heteroatoms. The van der Waals surface area contributed by atoms with Crippen LogP contribution in [-0.2, 0) is 4.79 Å². The highest BCUT2D eigenvalue weighted by atomic mass is 16.2. The van der Waals surface area contributed by atoms with Gasteiger partial charge in [0.25, 0.3) is 5.91 Å². The van der Waals surface area contributed by atoms with Crippen molar-refractivity contribution in [3.63, 3.8) is 0 Å². The summed E-state index contributed by atoms with van der Waals surface area (Å²) in [5.41, 5.74) is 1.97. The smallest absolute Gasteiger partial charge is 0.302 e. The van der Waals surface area contributed by atoms with E-state index in [1.165, 1.54) is 4.90 Å². The molecule has 7 nitrogen and oxygen atoms in total. The van der Waals surface area contributed by atoms with Gasteiger partial charge in [0, 0.05) is 31.2 Å². The van der Waals surface area contributed by atoms with Crippen LogP contribution in [0.1, 0.15) is 13.8 Å². The largest absolute Gasteiger partial charge is 0.328 e. The van der Waals surface area contributed by atoms with Crippen molar-refractivity contribution in [2.24, 2.45) is 4.99 Å². The monoisotopic (exact) mass is 351 g/mol. The van der Waals surface area contributed by atoms with Crippen molar-refractivity contribution in [3.8, 4) is 0 Å². The number of carbonyl (C=O) groups is 2. The number of fused-ring (bicyclic) bond motifs is 3. The molecule has 134 valence electrons. The van der Waals surface area contributed by atoms with E-state index in [9.17, 15) is 9.59 Å². The van der Waals surface area contributed by atoms with Gasteiger partial charge in [0.1, 0.15) is 0 Å². The summed E-state index contributed by atoms with van der Waals surface area (Å²) in [6.45, 7) is 4.13. The summed E-state index contributed by atoms with van der Waals surface area (Å²) in [7, 11) is 1.70. The molecule has 0 spiro atoms. The van der Waals surface area contributed by atoms with E-state index >= 15 is 0 Å². The number of amides is 3. The SMILES string of the molecule is C/C=C/CN1C(=O)C2C(N=C3N(c4ccccc4)C(C)=CN32)N(C)C1=O. The highest BCUT2D eigenvalue weighted by Gasteiger charge is 2.54. The Morgan fingerprint density at radius 2 is 1.92 bits per heavy atom. The van der Waals surface area contributed by atoms with Crippen molar-refractivity contribution in [2.75, 3.05) is 18.5 Å². The Morgan fingerprint density at radius 1 is 1.19 bits per heavy atom. The van der Waals surface area contributed by atoms with Crippen LogP contribution in [0.15, 0.2) is 59.4 Å². The minimum Gasteiger partial charge on any atom is -0.302 e. The topological polar surface area (TPSA) is 59.5 Å². The molecule has 2 unspecified atom stereocenters. The van der Waals surface area contributed by atoms with Crippen molar-refractivity contribution >= 4 is 23.6 Å². The highest BCUT2D eigenvalue weighted by molar-refractivity contribution is 6.09. The van der Waals surface area contributed by atoms with Gasteiger partial charge in [-0.05, 0) is 26.0 Å². The lowest BCUT2D eigenvalue weighted by Gasteiger charge is -2.39. The first kappa shape index (κ1) is 16.4. The lowest BCUT2D eigenvalue weighted by atomic mass is 10.1. The Labute approximate surface area is 152 Å². The maximum Gasteiger partial charge on any atom is 0.328 e. The van der Waals surface area contributed by atoms with Gasteiger partial charge in [0.15, 0.2) is 12.2 Å². The summed E-state index contributed by atoms with van der Waals surface area (Å²) >= 11 is 0. The van der Waals surface area contributed by atoms with Gasteiger partial charge in [0.05, 0.1) is 0 Å². The van der Waals surface area contributed by atoms with Crippen LogP contribution in [-0.4, -0.2) is 58.4 Å². The zero-order chi connectivity index (χ0) is 18.4. The molecule has 0 bridgehead atoms. The van der Waals surface area contributed by atoms with Crippen LogP contribution in [0.25, 0.3) is 0 Å². The molecule has 2 atom stereocenters. The number of guanidine groups is 1. The van der Waals surface area contributed by atoms with Gasteiger partial charge < -0.3 is 9.80 Å². The van der Waals surface area contributed by atoms with Crippen LogP contribution in [0.2, 0.25) is 0 Å². The average Bonchev–Trinajstić information content (AvgIpc) is 3.15. The first-order valence-corrected chi connectivity index (χ1v) is 8.63. The number of aliphatic imine (C=N–C) groups is 1. The number of imide groups is 1. The Bertz CT molecular complexity index is 845. The first-order chi connectivity index (χ1) is 12.5. The summed E-state index contributed by atoms with van der Waals surface area (Å²) < 4.78 is 0. The molecule has 3 heterocycles. The average molecular weight is 351 g/mol. The molecular weight excluding hydrogens is 330 g/mol. The number of hydrogen-bond donors (Lipinski definition) is 0. The molecular formula is C19H21N5O2. The van der Waals surface area contributed by atoms with Gasteiger partial charge in [-0.1, -0.05) is 30.4 Å². The van der Waals surface area contributed by atoms with E-state index in [0.717, 1.165) is 11.4 Å². The van der Waals surface area contributed by atoms with Crippen molar-refractivity contribution in [1.82, 2.24) is 14.7 Å². The number of nitrogens with zero attached hydrogens (tertiary/aromatic N) is 5. The molecule has 0 aliphatic carbocycles. The van der Waals surface area contributed by atoms with E-state index in [2.05, 4.69) is 0 Å². The van der Waals surface area contributed by atoms with Gasteiger partial charge in [0.2, 0.25) is 5.96 Å². The first-order valence-electron chi connectivity index (χ1n) is 8.63. The number of anilines is 1. The maximum absolute atomic E-state index is 13.0. The molecule has 0 saturated carbocycles. The summed E-state index contributed by atoms with van der Waals surface area (Å²) in [6, 6.07) is 9.05. The fraction of sp³-hybridized carbons (Fsp3) is 0.316. The van der Waals surface area contributed by atoms with Gasteiger partial charge in [-0.3, -0.25) is 14.6 Å². The predicted molar refractivity (Wildman–Crippen MR) is 99.2 cm³/mol. The lowest BCUT2D eigenvalue weighted by Crippen LogP contribution is -2.64. The molecule has 3 amide bonds. The molecule has 0 radical (unpaired) electrons. The van der Waals surface area contributed by atoms with Crippen LogP contribution in [0.4, 0.5) is 10.5 Å². The Balaban J connectivity index is 1.71. The van der Waals surface area contributed by atoms with Crippen molar-refractivity contribution < 1.29 is 9.59 Å². The van der Waals surface area contributed by atoms with Gasteiger partial charge in [-0.25, -0.2) is 9.79 Å². The van der Waals surface area contributed by atoms with Crippen LogP contribution in [0.5, 0.6) is 0 Å². The van der Waals surface area contributed by atoms with E-state index in [0.29, 0.717) is 5.96 Å². The number of urea groups is 1. The molecule has 0 N–H and O–H groups in total. The van der Waals surface area contributed by atoms with Gasteiger partial charge in [-0.2, -0.15) is 0 Å². The second-order valence-corrected chi connectivity index (χ2v) is 6.55. The van der Waals surface area contributed by atoms with Crippen LogP contribution < -0.4 is 4.90 Å². The molecule has 4 rings (SSSR count). The number of rotatable bonds is 3. The summed E-state index contributed by atoms with van der Waals surface area (Å²) in [5, 5.41) is 0. The lowest BCUT2D eigenvalue weighted by molar-refractivity contribution is -0.136. The van der Waals surface area contributed by atoms with Crippen LogP contribution in [0.3, 0.4) is 0 Å². The van der Waals surface area contributed by atoms with E-state index in [1.807, 2.05) is 72.3 Å². The van der Waals surface area contributed by atoms with Crippen LogP contribution in [0, 0.1) is 0 Å². The Kier molecular flexibility index (Phi) is 3.79. The van der Waals surface area contributed by atoms with Crippen LogP contribution >= 0.6 is 0 Å². The maximum atomic E-state index is 13.0. The van der Waals surface area contributed by atoms with E-state index in [-0.39, 0.29) is 18.5 Å². The predicted octanol–water partition coefficient (Wildman–Crippen LogP) is 2.20. The zero-order valence-corrected chi connectivity index (χ0v) is 15.0. The number of hydrogen-bond acceptors (Lipinski definition) is 5. The van der Waals surface area contributed by atoms with E-state index in [4.69, 9.17) is 4.99 Å². The summed E-state index contributed by atoms with van der Waals surface area (Å²) in [5.74, 6) is 0.471. The second-order valence-electron chi connectivity index (χ2n) is 6.55. The molecule has 1 aromatic carbocycles. The van der Waals surface area contributed by atoms with E-state index in [1.54, 1.807) is 11.9 Å². The third-order valence-electron chi connectivity index (χ3n) is 4.93. The van der Waals surface area contributed by atoms with Crippen molar-refractivity contribution in [1.29, 1.82) is 0 Å². The highest BCUT2D eigenvalue weighted by Crippen LogP contribution is 2.36. The fourth-order valence-electron chi connectivity index (χ4n) is 3.63. The number of para-hydroxylation sites is 1. The number of carbonyl (C=O) groups excluding carboxylic acids is 2. The standard InChI is InChI=1S/C19H21N5O2/c1-4-5-11-22-17(25)15-16(21(3)19(22)26)20-18-23(15)12-13(2)24(18)14-9-7-6-8-10-14/h4-10,12,15-16H,11H2,1-3H3/b5-4+.